The second-order valence-corrected chi connectivity index (χ2v) is 3.61. The summed E-state index contributed by atoms with van der Waals surface area (Å²) in [4.78, 5) is 26.6. The number of rotatable bonds is 5. The van der Waals surface area contributed by atoms with Gasteiger partial charge in [-0.25, -0.2) is 4.79 Å². The van der Waals surface area contributed by atoms with Crippen LogP contribution in [0.3, 0.4) is 0 Å². The summed E-state index contributed by atoms with van der Waals surface area (Å²) < 4.78 is 4.69. The third-order valence-corrected chi connectivity index (χ3v) is 2.18. The molecule has 1 aromatic heterocycles. The van der Waals surface area contributed by atoms with Crippen molar-refractivity contribution in [2.24, 2.45) is 0 Å². The molecule has 98 valence electrons. The Hall–Kier alpha value is -2.11. The lowest BCUT2D eigenvalue weighted by Crippen LogP contribution is -2.40. The van der Waals surface area contributed by atoms with Crippen molar-refractivity contribution in [1.29, 1.82) is 0 Å². The lowest BCUT2D eigenvalue weighted by Gasteiger charge is -2.13. The first-order chi connectivity index (χ1) is 8.63. The van der Waals surface area contributed by atoms with E-state index in [1.807, 2.05) is 19.1 Å². The second-order valence-electron chi connectivity index (χ2n) is 3.61. The molecule has 1 heterocycles. The minimum atomic E-state index is -0.460. The normalized spacial score (nSPS) is 11.4. The third-order valence-electron chi connectivity index (χ3n) is 2.18. The van der Waals surface area contributed by atoms with Crippen LogP contribution in [0.25, 0.3) is 0 Å². The van der Waals surface area contributed by atoms with Crippen LogP contribution in [-0.2, 0) is 9.53 Å². The molecule has 2 N–H and O–H groups in total. The van der Waals surface area contributed by atoms with Gasteiger partial charge < -0.3 is 15.4 Å². The summed E-state index contributed by atoms with van der Waals surface area (Å²) in [5.74, 6) is -0.460. The molecule has 1 atom stereocenters. The van der Waals surface area contributed by atoms with Crippen molar-refractivity contribution in [3.63, 3.8) is 0 Å². The summed E-state index contributed by atoms with van der Waals surface area (Å²) in [5.41, 5.74) is 0.754. The highest BCUT2D eigenvalue weighted by atomic mass is 16.5. The zero-order valence-electron chi connectivity index (χ0n) is 10.5. The van der Waals surface area contributed by atoms with Gasteiger partial charge in [-0.15, -0.1) is 0 Å². The van der Waals surface area contributed by atoms with Gasteiger partial charge in [-0.05, 0) is 26.0 Å². The van der Waals surface area contributed by atoms with E-state index >= 15 is 0 Å². The number of carbonyl (C=O) groups is 2. The Bertz CT molecular complexity index is 395. The van der Waals surface area contributed by atoms with Crippen LogP contribution in [0.5, 0.6) is 0 Å². The van der Waals surface area contributed by atoms with Gasteiger partial charge >= 0.3 is 12.0 Å². The number of urea groups is 1. The van der Waals surface area contributed by atoms with Crippen molar-refractivity contribution in [3.8, 4) is 0 Å². The molecule has 0 fully saturated rings. The molecule has 0 saturated carbocycles. The molecule has 0 aliphatic heterocycles. The number of pyridine rings is 1. The molecule has 2 amide bonds. The van der Waals surface area contributed by atoms with Crippen molar-refractivity contribution in [3.05, 3.63) is 30.1 Å². The first kappa shape index (κ1) is 14.0. The van der Waals surface area contributed by atoms with E-state index in [0.29, 0.717) is 6.61 Å². The highest BCUT2D eigenvalue weighted by Gasteiger charge is 2.11. The van der Waals surface area contributed by atoms with Crippen molar-refractivity contribution in [2.75, 3.05) is 13.2 Å². The number of nitrogens with one attached hydrogen (secondary N) is 2. The largest absolute Gasteiger partial charge is 0.465 e. The van der Waals surface area contributed by atoms with E-state index in [4.69, 9.17) is 0 Å². The molecule has 6 heteroatoms. The quantitative estimate of drug-likeness (QED) is 0.765. The van der Waals surface area contributed by atoms with Gasteiger partial charge in [0.05, 0.1) is 18.3 Å². The molecule has 0 spiro atoms. The number of hydrogen-bond acceptors (Lipinski definition) is 4. The predicted octanol–water partition coefficient (Wildman–Crippen LogP) is 1.00. The van der Waals surface area contributed by atoms with Crippen LogP contribution >= 0.6 is 0 Å². The van der Waals surface area contributed by atoms with Crippen LogP contribution in [0.4, 0.5) is 4.79 Å². The lowest BCUT2D eigenvalue weighted by molar-refractivity contribution is -0.141. The van der Waals surface area contributed by atoms with E-state index in [9.17, 15) is 9.59 Å². The summed E-state index contributed by atoms with van der Waals surface area (Å²) in [7, 11) is 0. The van der Waals surface area contributed by atoms with E-state index in [0.717, 1.165) is 5.69 Å². The summed E-state index contributed by atoms with van der Waals surface area (Å²) in [6.07, 6.45) is 1.66. The van der Waals surface area contributed by atoms with Crippen LogP contribution in [-0.4, -0.2) is 30.1 Å². The summed E-state index contributed by atoms with van der Waals surface area (Å²) in [6, 6.07) is 4.80. The molecular weight excluding hydrogens is 234 g/mol. The summed E-state index contributed by atoms with van der Waals surface area (Å²) in [5, 5.41) is 5.09. The number of nitrogens with zero attached hydrogens (tertiary/aromatic N) is 1. The molecule has 1 aromatic rings. The zero-order chi connectivity index (χ0) is 13.4. The van der Waals surface area contributed by atoms with Gasteiger partial charge in [-0.3, -0.25) is 9.78 Å². The Labute approximate surface area is 106 Å². The van der Waals surface area contributed by atoms with Gasteiger partial charge in [0.2, 0.25) is 0 Å². The standard InChI is InChI=1S/C12H17N3O3/c1-3-18-11(16)8-14-12(17)15-9(2)10-6-4-5-7-13-10/h4-7,9H,3,8H2,1-2H3,(H2,14,15,17)/t9-/m0/s1. The van der Waals surface area contributed by atoms with Gasteiger partial charge in [-0.2, -0.15) is 0 Å². The van der Waals surface area contributed by atoms with Gasteiger partial charge in [0.25, 0.3) is 0 Å². The maximum absolute atomic E-state index is 11.5. The second kappa shape index (κ2) is 7.26. The van der Waals surface area contributed by atoms with Crippen molar-refractivity contribution in [2.45, 2.75) is 19.9 Å². The number of carbonyl (C=O) groups excluding carboxylic acids is 2. The number of hydrogen-bond donors (Lipinski definition) is 2. The lowest BCUT2D eigenvalue weighted by atomic mass is 10.2. The average Bonchev–Trinajstić information content (AvgIpc) is 2.38. The zero-order valence-corrected chi connectivity index (χ0v) is 10.5. The van der Waals surface area contributed by atoms with Crippen LogP contribution in [0.15, 0.2) is 24.4 Å². The maximum Gasteiger partial charge on any atom is 0.325 e. The van der Waals surface area contributed by atoms with Crippen LogP contribution < -0.4 is 10.6 Å². The monoisotopic (exact) mass is 251 g/mol. The molecule has 0 radical (unpaired) electrons. The SMILES string of the molecule is CCOC(=O)CNC(=O)N[C@@H](C)c1ccccn1. The van der Waals surface area contributed by atoms with Crippen LogP contribution in [0.2, 0.25) is 0 Å². The molecule has 0 aromatic carbocycles. The van der Waals surface area contributed by atoms with E-state index in [1.165, 1.54) is 0 Å². The van der Waals surface area contributed by atoms with Gasteiger partial charge in [-0.1, -0.05) is 6.07 Å². The Kier molecular flexibility index (Phi) is 5.63. The maximum atomic E-state index is 11.5. The molecule has 1 rings (SSSR count). The molecule has 18 heavy (non-hydrogen) atoms. The fourth-order valence-electron chi connectivity index (χ4n) is 1.32. The Morgan fingerprint density at radius 2 is 2.22 bits per heavy atom. The van der Waals surface area contributed by atoms with E-state index < -0.39 is 12.0 Å². The minimum Gasteiger partial charge on any atom is -0.465 e. The third kappa shape index (κ3) is 4.82. The Balaban J connectivity index is 2.34. The van der Waals surface area contributed by atoms with Crippen molar-refractivity contribution in [1.82, 2.24) is 15.6 Å². The highest BCUT2D eigenvalue weighted by Crippen LogP contribution is 2.06. The van der Waals surface area contributed by atoms with Gasteiger partial charge in [0.1, 0.15) is 6.54 Å². The smallest absolute Gasteiger partial charge is 0.325 e. The molecule has 0 aliphatic carbocycles. The topological polar surface area (TPSA) is 80.3 Å². The first-order valence-electron chi connectivity index (χ1n) is 5.74. The van der Waals surface area contributed by atoms with Crippen molar-refractivity contribution < 1.29 is 14.3 Å². The summed E-state index contributed by atoms with van der Waals surface area (Å²) >= 11 is 0. The van der Waals surface area contributed by atoms with E-state index in [2.05, 4.69) is 20.4 Å². The number of amides is 2. The molecular formula is C12H17N3O3. The minimum absolute atomic E-state index is 0.144. The molecule has 6 nitrogen and oxygen atoms in total. The van der Waals surface area contributed by atoms with E-state index in [1.54, 1.807) is 19.2 Å². The number of ether oxygens (including phenoxy) is 1. The number of aromatic nitrogens is 1. The van der Waals surface area contributed by atoms with Crippen molar-refractivity contribution >= 4 is 12.0 Å². The molecule has 0 bridgehead atoms. The highest BCUT2D eigenvalue weighted by molar-refractivity contribution is 5.80. The predicted molar refractivity (Wildman–Crippen MR) is 65.8 cm³/mol. The first-order valence-corrected chi connectivity index (χ1v) is 5.74. The fourth-order valence-corrected chi connectivity index (χ4v) is 1.32. The van der Waals surface area contributed by atoms with Crippen LogP contribution in [0, 0.1) is 0 Å². The average molecular weight is 251 g/mol. The molecule has 0 saturated heterocycles. The Morgan fingerprint density at radius 3 is 2.83 bits per heavy atom. The molecule has 0 unspecified atom stereocenters. The molecule has 0 aliphatic rings. The summed E-state index contributed by atoms with van der Waals surface area (Å²) in [6.45, 7) is 3.68. The van der Waals surface area contributed by atoms with Gasteiger partial charge in [0.15, 0.2) is 0 Å². The van der Waals surface area contributed by atoms with Crippen LogP contribution in [0.1, 0.15) is 25.6 Å². The fraction of sp³-hybridized carbons (Fsp3) is 0.417. The Morgan fingerprint density at radius 1 is 1.44 bits per heavy atom. The van der Waals surface area contributed by atoms with Gasteiger partial charge in [0, 0.05) is 6.20 Å². The van der Waals surface area contributed by atoms with E-state index in [-0.39, 0.29) is 12.6 Å². The number of esters is 1.